The molecule has 1 saturated carbocycles. The van der Waals surface area contributed by atoms with E-state index in [1.165, 1.54) is 37.7 Å². The molecule has 0 aliphatic heterocycles. The summed E-state index contributed by atoms with van der Waals surface area (Å²) < 4.78 is 0. The number of nitrogens with one attached hydrogen (secondary N) is 1. The summed E-state index contributed by atoms with van der Waals surface area (Å²) in [6.45, 7) is 10.1. The first-order valence-corrected chi connectivity index (χ1v) is 9.81. The lowest BCUT2D eigenvalue weighted by Gasteiger charge is -2.55. The molecule has 3 atom stereocenters. The molecule has 0 unspecified atom stereocenters. The quantitative estimate of drug-likeness (QED) is 0.700. The number of aryl methyl sites for hydroxylation is 1. The standard InChI is InChI=1S/C21H31NOS/c1-14(2)15-6-8-17-16(12-15)7-9-18-20(3,13-22-19(23)24)10-5-11-21(17,18)4/h6,8,12,14,18H,5,7,9-11,13H2,1-4H3,(H2,22,23,24)/t18-,20+,21-/m1/s1. The number of hydrogen-bond donors (Lipinski definition) is 2. The van der Waals surface area contributed by atoms with Crippen LogP contribution in [0, 0.1) is 11.3 Å². The molecular formula is C21H31NOS. The summed E-state index contributed by atoms with van der Waals surface area (Å²) in [6.07, 6.45) is 6.08. The van der Waals surface area contributed by atoms with Gasteiger partial charge >= 0.3 is 0 Å². The zero-order valence-electron chi connectivity index (χ0n) is 15.5. The minimum atomic E-state index is -0.207. The average molecular weight is 346 g/mol. The second kappa shape index (κ2) is 6.40. The highest BCUT2D eigenvalue weighted by molar-refractivity contribution is 7.96. The lowest BCUT2D eigenvalue weighted by molar-refractivity contribution is 0.0284. The normalized spacial score (nSPS) is 32.2. The van der Waals surface area contributed by atoms with E-state index in [2.05, 4.69) is 63.8 Å². The van der Waals surface area contributed by atoms with E-state index in [0.29, 0.717) is 11.8 Å². The molecule has 1 fully saturated rings. The summed E-state index contributed by atoms with van der Waals surface area (Å²) in [5.41, 5.74) is 4.97. The Morgan fingerprint density at radius 3 is 2.75 bits per heavy atom. The molecule has 2 nitrogen and oxygen atoms in total. The van der Waals surface area contributed by atoms with Crippen LogP contribution in [0.2, 0.25) is 0 Å². The van der Waals surface area contributed by atoms with Crippen LogP contribution >= 0.6 is 12.6 Å². The van der Waals surface area contributed by atoms with Gasteiger partial charge in [-0.25, -0.2) is 0 Å². The maximum Gasteiger partial charge on any atom is 0.275 e. The van der Waals surface area contributed by atoms with Gasteiger partial charge in [0.2, 0.25) is 0 Å². The number of fused-ring (bicyclic) bond motifs is 3. The highest BCUT2D eigenvalue weighted by Gasteiger charge is 2.51. The van der Waals surface area contributed by atoms with Gasteiger partial charge in [-0.1, -0.05) is 64.9 Å². The number of amides is 1. The van der Waals surface area contributed by atoms with Gasteiger partial charge in [-0.15, -0.1) is 0 Å². The van der Waals surface area contributed by atoms with Gasteiger partial charge in [0, 0.05) is 6.54 Å². The third kappa shape index (κ3) is 3.00. The Balaban J connectivity index is 1.95. The minimum absolute atomic E-state index is 0.166. The summed E-state index contributed by atoms with van der Waals surface area (Å²) in [5.74, 6) is 1.21. The van der Waals surface area contributed by atoms with Crippen molar-refractivity contribution in [2.24, 2.45) is 11.3 Å². The topological polar surface area (TPSA) is 29.1 Å². The first-order valence-electron chi connectivity index (χ1n) is 9.36. The molecule has 0 aromatic heterocycles. The van der Waals surface area contributed by atoms with Crippen molar-refractivity contribution in [1.29, 1.82) is 0 Å². The van der Waals surface area contributed by atoms with Crippen molar-refractivity contribution >= 4 is 17.9 Å². The van der Waals surface area contributed by atoms with E-state index in [-0.39, 0.29) is 16.1 Å². The van der Waals surface area contributed by atoms with Gasteiger partial charge < -0.3 is 5.32 Å². The molecule has 0 saturated heterocycles. The Morgan fingerprint density at radius 1 is 1.33 bits per heavy atom. The number of rotatable bonds is 3. The van der Waals surface area contributed by atoms with Crippen molar-refractivity contribution in [1.82, 2.24) is 5.32 Å². The molecule has 1 aromatic carbocycles. The van der Waals surface area contributed by atoms with E-state index in [4.69, 9.17) is 0 Å². The monoisotopic (exact) mass is 345 g/mol. The van der Waals surface area contributed by atoms with Gasteiger partial charge in [0.25, 0.3) is 5.24 Å². The van der Waals surface area contributed by atoms with Crippen LogP contribution < -0.4 is 5.32 Å². The fraction of sp³-hybridized carbons (Fsp3) is 0.667. The average Bonchev–Trinajstić information content (AvgIpc) is 2.52. The van der Waals surface area contributed by atoms with Gasteiger partial charge in [0.15, 0.2) is 0 Å². The number of hydrogen-bond acceptors (Lipinski definition) is 1. The summed E-state index contributed by atoms with van der Waals surface area (Å²) >= 11 is 3.90. The molecule has 0 heterocycles. The maximum atomic E-state index is 11.3. The zero-order chi connectivity index (χ0) is 17.5. The molecule has 3 rings (SSSR count). The number of thiol groups is 1. The summed E-state index contributed by atoms with van der Waals surface area (Å²) in [5, 5.41) is 2.77. The van der Waals surface area contributed by atoms with Crippen LogP contribution in [-0.4, -0.2) is 11.8 Å². The Hall–Kier alpha value is -0.960. The van der Waals surface area contributed by atoms with Crippen molar-refractivity contribution in [3.05, 3.63) is 34.9 Å². The first-order chi connectivity index (χ1) is 11.3. The van der Waals surface area contributed by atoms with Crippen LogP contribution in [0.15, 0.2) is 18.2 Å². The van der Waals surface area contributed by atoms with E-state index in [0.717, 1.165) is 6.54 Å². The fourth-order valence-electron chi connectivity index (χ4n) is 5.49. The minimum Gasteiger partial charge on any atom is -0.347 e. The van der Waals surface area contributed by atoms with Gasteiger partial charge in [-0.05, 0) is 65.0 Å². The SMILES string of the molecule is CC(C)c1ccc2c(c1)CC[C@@H]1[C@](C)(CNC(=O)S)CCC[C@]21C. The second-order valence-corrected chi connectivity index (χ2v) is 9.15. The molecule has 0 bridgehead atoms. The molecule has 0 spiro atoms. The van der Waals surface area contributed by atoms with E-state index >= 15 is 0 Å². The smallest absolute Gasteiger partial charge is 0.275 e. The van der Waals surface area contributed by atoms with Crippen molar-refractivity contribution < 1.29 is 4.79 Å². The molecule has 132 valence electrons. The molecule has 24 heavy (non-hydrogen) atoms. The molecule has 1 N–H and O–H groups in total. The number of carbonyl (C=O) groups is 1. The molecule has 2 aliphatic carbocycles. The second-order valence-electron chi connectivity index (χ2n) is 8.75. The maximum absolute atomic E-state index is 11.3. The Bertz CT molecular complexity index is 641. The fourth-order valence-corrected chi connectivity index (χ4v) is 5.57. The van der Waals surface area contributed by atoms with E-state index < -0.39 is 0 Å². The van der Waals surface area contributed by atoms with Crippen LogP contribution in [-0.2, 0) is 11.8 Å². The Labute approximate surface area is 152 Å². The Kier molecular flexibility index (Phi) is 4.76. The summed E-state index contributed by atoms with van der Waals surface area (Å²) in [6, 6.07) is 7.18. The number of benzene rings is 1. The molecule has 2 aliphatic rings. The molecule has 1 aromatic rings. The largest absolute Gasteiger partial charge is 0.347 e. The van der Waals surface area contributed by atoms with Crippen molar-refractivity contribution in [3.8, 4) is 0 Å². The molecule has 0 radical (unpaired) electrons. The third-order valence-corrected chi connectivity index (χ3v) is 6.97. The van der Waals surface area contributed by atoms with Gasteiger partial charge in [0.05, 0.1) is 0 Å². The number of carbonyl (C=O) groups excluding carboxylic acids is 1. The summed E-state index contributed by atoms with van der Waals surface area (Å²) in [7, 11) is 0. The third-order valence-electron chi connectivity index (χ3n) is 6.81. The van der Waals surface area contributed by atoms with Gasteiger partial charge in [0.1, 0.15) is 0 Å². The van der Waals surface area contributed by atoms with Crippen LogP contribution in [0.4, 0.5) is 4.79 Å². The zero-order valence-corrected chi connectivity index (χ0v) is 16.4. The van der Waals surface area contributed by atoms with Gasteiger partial charge in [-0.3, -0.25) is 4.79 Å². The Morgan fingerprint density at radius 2 is 2.08 bits per heavy atom. The van der Waals surface area contributed by atoms with Crippen LogP contribution in [0.1, 0.15) is 76.0 Å². The summed E-state index contributed by atoms with van der Waals surface area (Å²) in [4.78, 5) is 11.3. The molecule has 1 amide bonds. The van der Waals surface area contributed by atoms with Crippen molar-refractivity contribution in [2.75, 3.05) is 6.54 Å². The lowest BCUT2D eigenvalue weighted by Crippen LogP contribution is -2.52. The van der Waals surface area contributed by atoms with Crippen molar-refractivity contribution in [2.45, 2.75) is 71.1 Å². The molecular weight excluding hydrogens is 314 g/mol. The molecule has 3 heteroatoms. The van der Waals surface area contributed by atoms with Crippen LogP contribution in [0.25, 0.3) is 0 Å². The highest BCUT2D eigenvalue weighted by Crippen LogP contribution is 2.57. The van der Waals surface area contributed by atoms with Crippen molar-refractivity contribution in [3.63, 3.8) is 0 Å². The lowest BCUT2D eigenvalue weighted by atomic mass is 9.49. The van der Waals surface area contributed by atoms with Crippen LogP contribution in [0.3, 0.4) is 0 Å². The van der Waals surface area contributed by atoms with Crippen LogP contribution in [0.5, 0.6) is 0 Å². The predicted molar refractivity (Wildman–Crippen MR) is 104 cm³/mol. The first kappa shape index (κ1) is 17.8. The van der Waals surface area contributed by atoms with E-state index in [9.17, 15) is 4.79 Å². The van der Waals surface area contributed by atoms with Gasteiger partial charge in [-0.2, -0.15) is 0 Å². The van der Waals surface area contributed by atoms with E-state index in [1.807, 2.05) is 0 Å². The predicted octanol–water partition coefficient (Wildman–Crippen LogP) is 5.46. The highest BCUT2D eigenvalue weighted by atomic mass is 32.1. The van der Waals surface area contributed by atoms with E-state index in [1.54, 1.807) is 11.1 Å².